The third-order valence-corrected chi connectivity index (χ3v) is 3.51. The molecule has 1 saturated carbocycles. The quantitative estimate of drug-likeness (QED) is 0.761. The van der Waals surface area contributed by atoms with E-state index >= 15 is 0 Å². The molecule has 0 heterocycles. The number of alkyl halides is 3. The van der Waals surface area contributed by atoms with Crippen molar-refractivity contribution < 1.29 is 17.9 Å². The van der Waals surface area contributed by atoms with Crippen molar-refractivity contribution in [3.05, 3.63) is 0 Å². The van der Waals surface area contributed by atoms with Crippen molar-refractivity contribution in [2.75, 3.05) is 20.3 Å². The lowest BCUT2D eigenvalue weighted by Gasteiger charge is -2.34. The molecule has 0 aromatic carbocycles. The van der Waals surface area contributed by atoms with Gasteiger partial charge in [-0.05, 0) is 44.6 Å². The molecule has 1 N–H and O–H groups in total. The maximum absolute atomic E-state index is 11.9. The number of nitrogens with one attached hydrogen (secondary N) is 1. The molecule has 0 aromatic rings. The lowest BCUT2D eigenvalue weighted by Crippen LogP contribution is -2.38. The van der Waals surface area contributed by atoms with Gasteiger partial charge in [-0.1, -0.05) is 6.92 Å². The van der Waals surface area contributed by atoms with Crippen LogP contribution in [-0.2, 0) is 4.74 Å². The van der Waals surface area contributed by atoms with Crippen molar-refractivity contribution in [2.24, 2.45) is 11.8 Å². The van der Waals surface area contributed by atoms with Crippen molar-refractivity contribution in [3.63, 3.8) is 0 Å². The predicted octanol–water partition coefficient (Wildman–Crippen LogP) is 2.98. The van der Waals surface area contributed by atoms with Gasteiger partial charge < -0.3 is 10.1 Å². The van der Waals surface area contributed by atoms with E-state index in [9.17, 15) is 13.2 Å². The molecular formula is C12H22F3NO. The Balaban J connectivity index is 2.23. The van der Waals surface area contributed by atoms with E-state index in [-0.39, 0.29) is 6.61 Å². The van der Waals surface area contributed by atoms with Gasteiger partial charge in [0.1, 0.15) is 6.61 Å². The van der Waals surface area contributed by atoms with Crippen LogP contribution in [0.3, 0.4) is 0 Å². The minimum Gasteiger partial charge on any atom is -0.372 e. The van der Waals surface area contributed by atoms with Crippen LogP contribution in [0.2, 0.25) is 0 Å². The highest BCUT2D eigenvalue weighted by Crippen LogP contribution is 2.31. The fourth-order valence-corrected chi connectivity index (χ4v) is 2.62. The molecule has 0 bridgehead atoms. The third kappa shape index (κ3) is 5.73. The van der Waals surface area contributed by atoms with Gasteiger partial charge in [0.05, 0.1) is 0 Å². The molecular weight excluding hydrogens is 231 g/mol. The molecule has 3 unspecified atom stereocenters. The smallest absolute Gasteiger partial charge is 0.372 e. The van der Waals surface area contributed by atoms with E-state index in [0.29, 0.717) is 24.3 Å². The summed E-state index contributed by atoms with van der Waals surface area (Å²) in [5, 5.41) is 3.25. The fourth-order valence-electron chi connectivity index (χ4n) is 2.62. The molecule has 0 aliphatic heterocycles. The van der Waals surface area contributed by atoms with Crippen LogP contribution in [0.25, 0.3) is 0 Å². The molecule has 1 aliphatic carbocycles. The summed E-state index contributed by atoms with van der Waals surface area (Å²) in [6.07, 6.45) is -0.0951. The highest BCUT2D eigenvalue weighted by atomic mass is 19.4. The summed E-state index contributed by atoms with van der Waals surface area (Å²) >= 11 is 0. The largest absolute Gasteiger partial charge is 0.411 e. The van der Waals surface area contributed by atoms with Gasteiger partial charge in [0.25, 0.3) is 0 Å². The van der Waals surface area contributed by atoms with E-state index in [0.717, 1.165) is 12.8 Å². The van der Waals surface area contributed by atoms with Crippen molar-refractivity contribution >= 4 is 0 Å². The van der Waals surface area contributed by atoms with Crippen molar-refractivity contribution in [1.82, 2.24) is 5.32 Å². The van der Waals surface area contributed by atoms with Crippen LogP contribution < -0.4 is 5.32 Å². The molecule has 0 radical (unpaired) electrons. The second-order valence-corrected chi connectivity index (χ2v) is 5.03. The van der Waals surface area contributed by atoms with E-state index in [4.69, 9.17) is 0 Å². The van der Waals surface area contributed by atoms with E-state index in [1.807, 2.05) is 7.05 Å². The predicted molar refractivity (Wildman–Crippen MR) is 60.8 cm³/mol. The zero-order valence-electron chi connectivity index (χ0n) is 10.5. The first-order chi connectivity index (χ1) is 7.92. The van der Waals surface area contributed by atoms with Gasteiger partial charge in [-0.3, -0.25) is 0 Å². The molecule has 2 nitrogen and oxygen atoms in total. The zero-order valence-corrected chi connectivity index (χ0v) is 10.5. The Labute approximate surface area is 101 Å². The molecule has 1 fully saturated rings. The second kappa shape index (κ2) is 6.59. The average molecular weight is 253 g/mol. The topological polar surface area (TPSA) is 21.3 Å². The first-order valence-electron chi connectivity index (χ1n) is 6.24. The lowest BCUT2D eigenvalue weighted by molar-refractivity contribution is -0.174. The highest BCUT2D eigenvalue weighted by molar-refractivity contribution is 4.82. The minimum atomic E-state index is -4.21. The monoisotopic (exact) mass is 253 g/mol. The van der Waals surface area contributed by atoms with Crippen LogP contribution in [0.15, 0.2) is 0 Å². The first-order valence-corrected chi connectivity index (χ1v) is 6.24. The molecule has 0 amide bonds. The van der Waals surface area contributed by atoms with Gasteiger partial charge in [0, 0.05) is 12.6 Å². The number of halogens is 3. The van der Waals surface area contributed by atoms with Gasteiger partial charge in [-0.2, -0.15) is 13.2 Å². The molecule has 1 aliphatic rings. The van der Waals surface area contributed by atoms with E-state index in [2.05, 4.69) is 17.0 Å². The standard InChI is InChI=1S/C12H22F3NO/c1-9-3-4-11(16-2)10(7-9)5-6-17-8-12(13,14)15/h9-11,16H,3-8H2,1-2H3. The summed E-state index contributed by atoms with van der Waals surface area (Å²) in [5.41, 5.74) is 0. The summed E-state index contributed by atoms with van der Waals surface area (Å²) in [5.74, 6) is 1.11. The Kier molecular flexibility index (Phi) is 5.73. The van der Waals surface area contributed by atoms with Gasteiger partial charge in [-0.25, -0.2) is 0 Å². The van der Waals surface area contributed by atoms with Crippen LogP contribution in [0, 0.1) is 11.8 Å². The number of rotatable bonds is 5. The molecule has 3 atom stereocenters. The highest BCUT2D eigenvalue weighted by Gasteiger charge is 2.29. The normalized spacial score (nSPS) is 30.5. The summed E-state index contributed by atoms with van der Waals surface area (Å²) in [7, 11) is 1.92. The summed E-state index contributed by atoms with van der Waals surface area (Å²) in [4.78, 5) is 0. The van der Waals surface area contributed by atoms with Crippen LogP contribution >= 0.6 is 0 Å². The van der Waals surface area contributed by atoms with Crippen molar-refractivity contribution in [1.29, 1.82) is 0 Å². The second-order valence-electron chi connectivity index (χ2n) is 5.03. The van der Waals surface area contributed by atoms with Crippen molar-refractivity contribution in [3.8, 4) is 0 Å². The summed E-state index contributed by atoms with van der Waals surface area (Å²) in [6.45, 7) is 1.28. The maximum Gasteiger partial charge on any atom is 0.411 e. The average Bonchev–Trinajstić information content (AvgIpc) is 2.23. The van der Waals surface area contributed by atoms with E-state index in [1.54, 1.807) is 0 Å². The van der Waals surface area contributed by atoms with E-state index < -0.39 is 12.8 Å². The molecule has 0 aromatic heterocycles. The molecule has 0 spiro atoms. The van der Waals surface area contributed by atoms with Crippen LogP contribution in [0.5, 0.6) is 0 Å². The molecule has 1 rings (SSSR count). The van der Waals surface area contributed by atoms with Crippen LogP contribution in [-0.4, -0.2) is 32.5 Å². The molecule has 17 heavy (non-hydrogen) atoms. The number of ether oxygens (including phenoxy) is 1. The number of hydrogen-bond acceptors (Lipinski definition) is 2. The Bertz CT molecular complexity index is 220. The molecule has 102 valence electrons. The Morgan fingerprint density at radius 3 is 2.59 bits per heavy atom. The third-order valence-electron chi connectivity index (χ3n) is 3.51. The molecule has 0 saturated heterocycles. The minimum absolute atomic E-state index is 0.203. The fraction of sp³-hybridized carbons (Fsp3) is 1.00. The maximum atomic E-state index is 11.9. The van der Waals surface area contributed by atoms with Gasteiger partial charge >= 0.3 is 6.18 Å². The van der Waals surface area contributed by atoms with Gasteiger partial charge in [0.2, 0.25) is 0 Å². The lowest BCUT2D eigenvalue weighted by atomic mass is 9.77. The van der Waals surface area contributed by atoms with Gasteiger partial charge in [0.15, 0.2) is 0 Å². The summed E-state index contributed by atoms with van der Waals surface area (Å²) in [6, 6.07) is 0.431. The SMILES string of the molecule is CNC1CCC(C)CC1CCOCC(F)(F)F. The Morgan fingerprint density at radius 2 is 2.00 bits per heavy atom. The first kappa shape index (κ1) is 14.8. The number of hydrogen-bond donors (Lipinski definition) is 1. The van der Waals surface area contributed by atoms with Crippen LogP contribution in [0.1, 0.15) is 32.6 Å². The zero-order chi connectivity index (χ0) is 12.9. The summed E-state index contributed by atoms with van der Waals surface area (Å²) < 4.78 is 40.3. The van der Waals surface area contributed by atoms with E-state index in [1.165, 1.54) is 6.42 Å². The van der Waals surface area contributed by atoms with Gasteiger partial charge in [-0.15, -0.1) is 0 Å². The van der Waals surface area contributed by atoms with Crippen LogP contribution in [0.4, 0.5) is 13.2 Å². The van der Waals surface area contributed by atoms with Crippen molar-refractivity contribution in [2.45, 2.75) is 44.8 Å². The molecule has 5 heteroatoms. The Morgan fingerprint density at radius 1 is 1.29 bits per heavy atom. The Hall–Kier alpha value is -0.290.